The van der Waals surface area contributed by atoms with E-state index in [1.54, 1.807) is 0 Å². The van der Waals surface area contributed by atoms with E-state index in [-0.39, 0.29) is 0 Å². The minimum Gasteiger partial charge on any atom is -0.370 e. The molecule has 0 saturated carbocycles. The smallest absolute Gasteiger partial charge is 0.126 e. The van der Waals surface area contributed by atoms with Crippen LogP contribution in [0.4, 0.5) is 5.82 Å². The van der Waals surface area contributed by atoms with E-state index in [2.05, 4.69) is 53.3 Å². The average molecular weight is 262 g/mol. The van der Waals surface area contributed by atoms with Crippen LogP contribution in [0, 0.1) is 5.92 Å². The van der Waals surface area contributed by atoms with E-state index in [9.17, 15) is 0 Å². The first-order chi connectivity index (χ1) is 9.17. The molecule has 1 unspecified atom stereocenters. The highest BCUT2D eigenvalue weighted by Crippen LogP contribution is 2.16. The predicted molar refractivity (Wildman–Crippen MR) is 80.3 cm³/mol. The average Bonchev–Trinajstić information content (AvgIpc) is 2.75. The molecule has 2 heterocycles. The molecule has 1 saturated heterocycles. The van der Waals surface area contributed by atoms with Crippen LogP contribution >= 0.6 is 0 Å². The number of likely N-dealkylation sites (tertiary alicyclic amines) is 1. The summed E-state index contributed by atoms with van der Waals surface area (Å²) < 4.78 is 0. The summed E-state index contributed by atoms with van der Waals surface area (Å²) in [5.74, 6) is 1.79. The molecule has 1 N–H and O–H groups in total. The molecule has 0 amide bonds. The maximum Gasteiger partial charge on any atom is 0.126 e. The van der Waals surface area contributed by atoms with Crippen LogP contribution in [0.15, 0.2) is 18.2 Å². The minimum absolute atomic E-state index is 0.812. The molecule has 1 aromatic heterocycles. The lowest BCUT2D eigenvalue weighted by atomic mass is 10.1. The topological polar surface area (TPSA) is 31.4 Å². The molecule has 1 aromatic rings. The van der Waals surface area contributed by atoms with Gasteiger partial charge in [-0.25, -0.2) is 4.98 Å². The standard InChI is InChI=1S/C15H26N4/c1-4-16-15-7-5-6-14(17-15)12-19(3)11-13-8-9-18(2)10-13/h5-7,13H,4,8-12H2,1-3H3,(H,16,17). The number of aromatic nitrogens is 1. The van der Waals surface area contributed by atoms with E-state index in [1.807, 2.05) is 6.07 Å². The normalized spacial score (nSPS) is 20.1. The van der Waals surface area contributed by atoms with E-state index in [0.717, 1.165) is 37.1 Å². The number of nitrogens with one attached hydrogen (secondary N) is 1. The third kappa shape index (κ3) is 4.48. The van der Waals surface area contributed by atoms with Crippen molar-refractivity contribution in [2.75, 3.05) is 45.6 Å². The van der Waals surface area contributed by atoms with Gasteiger partial charge in [0.2, 0.25) is 0 Å². The molecule has 1 fully saturated rings. The molecule has 0 bridgehead atoms. The van der Waals surface area contributed by atoms with Crippen LogP contribution in [-0.4, -0.2) is 55.1 Å². The molecule has 0 aromatic carbocycles. The Kier molecular flexibility index (Phi) is 5.16. The molecule has 1 aliphatic rings. The van der Waals surface area contributed by atoms with Gasteiger partial charge in [-0.1, -0.05) is 6.07 Å². The second-order valence-electron chi connectivity index (χ2n) is 5.66. The number of hydrogen-bond acceptors (Lipinski definition) is 4. The fourth-order valence-corrected chi connectivity index (χ4v) is 2.80. The lowest BCUT2D eigenvalue weighted by molar-refractivity contribution is 0.265. The van der Waals surface area contributed by atoms with Gasteiger partial charge >= 0.3 is 0 Å². The molecule has 0 aliphatic carbocycles. The quantitative estimate of drug-likeness (QED) is 0.848. The summed E-state index contributed by atoms with van der Waals surface area (Å²) in [7, 11) is 4.40. The highest BCUT2D eigenvalue weighted by molar-refractivity contribution is 5.34. The van der Waals surface area contributed by atoms with E-state index >= 15 is 0 Å². The van der Waals surface area contributed by atoms with Gasteiger partial charge in [-0.3, -0.25) is 0 Å². The molecular formula is C15H26N4. The third-order valence-electron chi connectivity index (χ3n) is 3.66. The zero-order valence-electron chi connectivity index (χ0n) is 12.4. The lowest BCUT2D eigenvalue weighted by Crippen LogP contribution is -2.27. The fraction of sp³-hybridized carbons (Fsp3) is 0.667. The Morgan fingerprint density at radius 1 is 1.47 bits per heavy atom. The summed E-state index contributed by atoms with van der Waals surface area (Å²) in [5, 5.41) is 3.26. The van der Waals surface area contributed by atoms with Crippen molar-refractivity contribution in [3.63, 3.8) is 0 Å². The maximum absolute atomic E-state index is 4.63. The van der Waals surface area contributed by atoms with Crippen LogP contribution in [0.25, 0.3) is 0 Å². The maximum atomic E-state index is 4.63. The molecule has 0 spiro atoms. The summed E-state index contributed by atoms with van der Waals surface area (Å²) in [6, 6.07) is 6.22. The zero-order chi connectivity index (χ0) is 13.7. The van der Waals surface area contributed by atoms with E-state index < -0.39 is 0 Å². The van der Waals surface area contributed by atoms with Crippen molar-refractivity contribution in [2.45, 2.75) is 19.9 Å². The summed E-state index contributed by atoms with van der Waals surface area (Å²) in [6.45, 7) is 7.58. The van der Waals surface area contributed by atoms with Crippen molar-refractivity contribution in [3.05, 3.63) is 23.9 Å². The Bertz CT molecular complexity index is 393. The van der Waals surface area contributed by atoms with Crippen LogP contribution < -0.4 is 5.32 Å². The molecule has 1 atom stereocenters. The van der Waals surface area contributed by atoms with Crippen molar-refractivity contribution < 1.29 is 0 Å². The Morgan fingerprint density at radius 3 is 3.00 bits per heavy atom. The van der Waals surface area contributed by atoms with Crippen molar-refractivity contribution in [3.8, 4) is 0 Å². The largest absolute Gasteiger partial charge is 0.370 e. The summed E-state index contributed by atoms with van der Waals surface area (Å²) in [5.41, 5.74) is 1.15. The van der Waals surface area contributed by atoms with Crippen LogP contribution in [0.5, 0.6) is 0 Å². The van der Waals surface area contributed by atoms with Crippen LogP contribution in [0.3, 0.4) is 0 Å². The van der Waals surface area contributed by atoms with Crippen molar-refractivity contribution >= 4 is 5.82 Å². The molecule has 0 radical (unpaired) electrons. The predicted octanol–water partition coefficient (Wildman–Crippen LogP) is 1.90. The Labute approximate surface area is 116 Å². The first-order valence-electron chi connectivity index (χ1n) is 7.24. The monoisotopic (exact) mass is 262 g/mol. The van der Waals surface area contributed by atoms with Crippen molar-refractivity contribution in [2.24, 2.45) is 5.92 Å². The number of rotatable bonds is 6. The zero-order valence-corrected chi connectivity index (χ0v) is 12.4. The van der Waals surface area contributed by atoms with Crippen LogP contribution in [0.2, 0.25) is 0 Å². The highest BCUT2D eigenvalue weighted by Gasteiger charge is 2.20. The molecule has 106 valence electrons. The second-order valence-corrected chi connectivity index (χ2v) is 5.66. The van der Waals surface area contributed by atoms with Gasteiger partial charge in [0.15, 0.2) is 0 Å². The van der Waals surface area contributed by atoms with Gasteiger partial charge in [-0.05, 0) is 52.0 Å². The molecular weight excluding hydrogens is 236 g/mol. The number of pyridine rings is 1. The van der Waals surface area contributed by atoms with Gasteiger partial charge < -0.3 is 15.1 Å². The van der Waals surface area contributed by atoms with Gasteiger partial charge in [-0.2, -0.15) is 0 Å². The van der Waals surface area contributed by atoms with Gasteiger partial charge in [0.05, 0.1) is 5.69 Å². The molecule has 1 aliphatic heterocycles. The summed E-state index contributed by atoms with van der Waals surface area (Å²) >= 11 is 0. The SMILES string of the molecule is CCNc1cccc(CN(C)CC2CCN(C)C2)n1. The minimum atomic E-state index is 0.812. The Balaban J connectivity index is 1.84. The van der Waals surface area contributed by atoms with Gasteiger partial charge in [0.1, 0.15) is 5.82 Å². The van der Waals surface area contributed by atoms with Crippen molar-refractivity contribution in [1.82, 2.24) is 14.8 Å². The third-order valence-corrected chi connectivity index (χ3v) is 3.66. The van der Waals surface area contributed by atoms with Gasteiger partial charge in [0, 0.05) is 26.2 Å². The number of nitrogens with zero attached hydrogens (tertiary/aromatic N) is 3. The van der Waals surface area contributed by atoms with Gasteiger partial charge in [-0.15, -0.1) is 0 Å². The van der Waals surface area contributed by atoms with Crippen molar-refractivity contribution in [1.29, 1.82) is 0 Å². The number of hydrogen-bond donors (Lipinski definition) is 1. The first kappa shape index (κ1) is 14.3. The van der Waals surface area contributed by atoms with Gasteiger partial charge in [0.25, 0.3) is 0 Å². The second kappa shape index (κ2) is 6.87. The van der Waals surface area contributed by atoms with E-state index in [1.165, 1.54) is 19.5 Å². The fourth-order valence-electron chi connectivity index (χ4n) is 2.80. The summed E-state index contributed by atoms with van der Waals surface area (Å²) in [4.78, 5) is 9.44. The first-order valence-corrected chi connectivity index (χ1v) is 7.24. The van der Waals surface area contributed by atoms with E-state index in [4.69, 9.17) is 0 Å². The molecule has 4 nitrogen and oxygen atoms in total. The molecule has 4 heteroatoms. The lowest BCUT2D eigenvalue weighted by Gasteiger charge is -2.20. The van der Waals surface area contributed by atoms with E-state index in [0.29, 0.717) is 0 Å². The Morgan fingerprint density at radius 2 is 2.32 bits per heavy atom. The number of anilines is 1. The molecule has 2 rings (SSSR count). The highest BCUT2D eigenvalue weighted by atomic mass is 15.2. The summed E-state index contributed by atoms with van der Waals surface area (Å²) in [6.07, 6.45) is 1.33. The molecule has 19 heavy (non-hydrogen) atoms. The Hall–Kier alpha value is -1.13. The van der Waals surface area contributed by atoms with Crippen LogP contribution in [0.1, 0.15) is 19.0 Å². The van der Waals surface area contributed by atoms with Crippen LogP contribution in [-0.2, 0) is 6.54 Å².